The van der Waals surface area contributed by atoms with E-state index in [2.05, 4.69) is 23.0 Å². The van der Waals surface area contributed by atoms with Crippen molar-refractivity contribution < 1.29 is 4.79 Å². The minimum Gasteiger partial charge on any atom is -0.342 e. The first-order valence-electron chi connectivity index (χ1n) is 8.52. The monoisotopic (exact) mass is 314 g/mol. The summed E-state index contributed by atoms with van der Waals surface area (Å²) in [6.45, 7) is 5.76. The van der Waals surface area contributed by atoms with E-state index in [0.29, 0.717) is 18.8 Å². The van der Waals surface area contributed by atoms with Crippen LogP contribution in [0.25, 0.3) is 11.0 Å². The molecular formula is C18H26N4O. The number of aromatic amines is 1. The van der Waals surface area contributed by atoms with Gasteiger partial charge in [-0.1, -0.05) is 12.1 Å². The fourth-order valence-electron chi connectivity index (χ4n) is 3.39. The quantitative estimate of drug-likeness (QED) is 0.910. The maximum atomic E-state index is 12.5. The molecular weight excluding hydrogens is 288 g/mol. The first kappa shape index (κ1) is 16.0. The number of carbonyl (C=O) groups excluding carboxylic acids is 1. The maximum absolute atomic E-state index is 12.5. The molecule has 3 N–H and O–H groups in total. The second kappa shape index (κ2) is 6.71. The Morgan fingerprint density at radius 1 is 1.52 bits per heavy atom. The molecule has 0 saturated carbocycles. The van der Waals surface area contributed by atoms with Gasteiger partial charge in [0.2, 0.25) is 5.91 Å². The van der Waals surface area contributed by atoms with Crippen LogP contribution >= 0.6 is 0 Å². The second-order valence-corrected chi connectivity index (χ2v) is 6.76. The van der Waals surface area contributed by atoms with Crippen LogP contribution in [-0.4, -0.2) is 39.9 Å². The lowest BCUT2D eigenvalue weighted by molar-refractivity contribution is -0.133. The summed E-state index contributed by atoms with van der Waals surface area (Å²) in [6.07, 6.45) is 3.35. The second-order valence-electron chi connectivity index (χ2n) is 6.76. The highest BCUT2D eigenvalue weighted by atomic mass is 16.2. The Morgan fingerprint density at radius 2 is 2.35 bits per heavy atom. The number of nitrogens with two attached hydrogens (primary N) is 1. The van der Waals surface area contributed by atoms with Crippen molar-refractivity contribution in [3.05, 3.63) is 29.6 Å². The molecule has 1 fully saturated rings. The molecule has 1 aliphatic heterocycles. The number of nitrogens with one attached hydrogen (secondary N) is 1. The standard InChI is InChI=1S/C18H26N4O/c1-12-5-3-7-15-18(12)21-16(20-15)8-9-17(23)22-10-4-6-14(11-22)13(2)19/h3,5,7,13-14H,4,6,8-11,19H2,1-2H3,(H,20,21)/t13-,14+/m1/s1. The number of carbonyl (C=O) groups is 1. The third-order valence-corrected chi connectivity index (χ3v) is 4.89. The Hall–Kier alpha value is -1.88. The molecule has 1 amide bonds. The highest BCUT2D eigenvalue weighted by Crippen LogP contribution is 2.20. The van der Waals surface area contributed by atoms with E-state index in [1.807, 2.05) is 24.0 Å². The van der Waals surface area contributed by atoms with Crippen LogP contribution in [0.4, 0.5) is 0 Å². The molecule has 2 aromatic rings. The normalized spacial score (nSPS) is 20.0. The van der Waals surface area contributed by atoms with Crippen molar-refractivity contribution in [2.75, 3.05) is 13.1 Å². The smallest absolute Gasteiger partial charge is 0.223 e. The number of benzene rings is 1. The third kappa shape index (κ3) is 3.55. The zero-order valence-corrected chi connectivity index (χ0v) is 14.0. The number of aryl methyl sites for hydroxylation is 2. The van der Waals surface area contributed by atoms with Gasteiger partial charge in [0.25, 0.3) is 0 Å². The van der Waals surface area contributed by atoms with Crippen LogP contribution in [0.5, 0.6) is 0 Å². The Bertz CT molecular complexity index is 691. The lowest BCUT2D eigenvalue weighted by Gasteiger charge is -2.34. The summed E-state index contributed by atoms with van der Waals surface area (Å²) >= 11 is 0. The molecule has 0 aliphatic carbocycles. The van der Waals surface area contributed by atoms with Gasteiger partial charge in [0, 0.05) is 32.0 Å². The summed E-state index contributed by atoms with van der Waals surface area (Å²) in [5.74, 6) is 1.54. The average Bonchev–Trinajstić information content (AvgIpc) is 2.97. The minimum atomic E-state index is 0.156. The van der Waals surface area contributed by atoms with Gasteiger partial charge in [-0.15, -0.1) is 0 Å². The van der Waals surface area contributed by atoms with E-state index in [9.17, 15) is 4.79 Å². The van der Waals surface area contributed by atoms with Crippen LogP contribution in [0.3, 0.4) is 0 Å². The summed E-state index contributed by atoms with van der Waals surface area (Å²) in [5.41, 5.74) is 9.21. The van der Waals surface area contributed by atoms with E-state index in [1.165, 1.54) is 0 Å². The number of nitrogens with zero attached hydrogens (tertiary/aromatic N) is 2. The summed E-state index contributed by atoms with van der Waals surface area (Å²) in [4.78, 5) is 22.4. The number of fused-ring (bicyclic) bond motifs is 1. The zero-order chi connectivity index (χ0) is 16.4. The predicted molar refractivity (Wildman–Crippen MR) is 92.1 cm³/mol. The van der Waals surface area contributed by atoms with Crippen molar-refractivity contribution in [1.82, 2.24) is 14.9 Å². The largest absolute Gasteiger partial charge is 0.342 e. The summed E-state index contributed by atoms with van der Waals surface area (Å²) < 4.78 is 0. The van der Waals surface area contributed by atoms with Crippen LogP contribution in [0.15, 0.2) is 18.2 Å². The molecule has 0 radical (unpaired) electrons. The van der Waals surface area contributed by atoms with Gasteiger partial charge in [0.1, 0.15) is 5.82 Å². The molecule has 5 heteroatoms. The van der Waals surface area contributed by atoms with Gasteiger partial charge in [-0.3, -0.25) is 4.79 Å². The zero-order valence-electron chi connectivity index (χ0n) is 14.0. The maximum Gasteiger partial charge on any atom is 0.223 e. The molecule has 124 valence electrons. The third-order valence-electron chi connectivity index (χ3n) is 4.89. The Kier molecular flexibility index (Phi) is 4.66. The number of likely N-dealkylation sites (tertiary alicyclic amines) is 1. The first-order valence-corrected chi connectivity index (χ1v) is 8.52. The molecule has 2 heterocycles. The summed E-state index contributed by atoms with van der Waals surface area (Å²) in [6, 6.07) is 6.26. The van der Waals surface area contributed by atoms with Crippen molar-refractivity contribution in [2.45, 2.75) is 45.6 Å². The van der Waals surface area contributed by atoms with Gasteiger partial charge < -0.3 is 15.6 Å². The molecule has 1 aromatic heterocycles. The molecule has 0 spiro atoms. The first-order chi connectivity index (χ1) is 11.0. The van der Waals surface area contributed by atoms with Crippen molar-refractivity contribution >= 4 is 16.9 Å². The number of hydrogen-bond acceptors (Lipinski definition) is 3. The van der Waals surface area contributed by atoms with Crippen molar-refractivity contribution in [3.8, 4) is 0 Å². The Labute approximate surface area is 137 Å². The minimum absolute atomic E-state index is 0.156. The average molecular weight is 314 g/mol. The topological polar surface area (TPSA) is 75.0 Å². The van der Waals surface area contributed by atoms with Crippen molar-refractivity contribution in [2.24, 2.45) is 11.7 Å². The molecule has 1 aliphatic rings. The van der Waals surface area contributed by atoms with E-state index >= 15 is 0 Å². The van der Waals surface area contributed by atoms with Gasteiger partial charge >= 0.3 is 0 Å². The number of rotatable bonds is 4. The number of H-pyrrole nitrogens is 1. The van der Waals surface area contributed by atoms with E-state index < -0.39 is 0 Å². The van der Waals surface area contributed by atoms with Gasteiger partial charge in [-0.2, -0.15) is 0 Å². The van der Waals surface area contributed by atoms with E-state index in [0.717, 1.165) is 48.4 Å². The predicted octanol–water partition coefficient (Wildman–Crippen LogP) is 2.39. The Morgan fingerprint density at radius 3 is 3.09 bits per heavy atom. The lowest BCUT2D eigenvalue weighted by Crippen LogP contribution is -2.45. The number of hydrogen-bond donors (Lipinski definition) is 2. The van der Waals surface area contributed by atoms with E-state index in [-0.39, 0.29) is 11.9 Å². The Balaban J connectivity index is 1.60. The van der Waals surface area contributed by atoms with Crippen LogP contribution in [0, 0.1) is 12.8 Å². The number of aromatic nitrogens is 2. The fourth-order valence-corrected chi connectivity index (χ4v) is 3.39. The van der Waals surface area contributed by atoms with Gasteiger partial charge in [-0.25, -0.2) is 4.98 Å². The lowest BCUT2D eigenvalue weighted by atomic mass is 9.92. The fraction of sp³-hybridized carbons (Fsp3) is 0.556. The van der Waals surface area contributed by atoms with Crippen LogP contribution in [-0.2, 0) is 11.2 Å². The van der Waals surface area contributed by atoms with Gasteiger partial charge in [0.15, 0.2) is 0 Å². The van der Waals surface area contributed by atoms with Gasteiger partial charge in [-0.05, 0) is 44.2 Å². The highest BCUT2D eigenvalue weighted by molar-refractivity contribution is 5.79. The van der Waals surface area contributed by atoms with Crippen LogP contribution < -0.4 is 5.73 Å². The van der Waals surface area contributed by atoms with Crippen LogP contribution in [0.2, 0.25) is 0 Å². The van der Waals surface area contributed by atoms with Crippen molar-refractivity contribution in [1.29, 1.82) is 0 Å². The number of amides is 1. The molecule has 5 nitrogen and oxygen atoms in total. The summed E-state index contributed by atoms with van der Waals surface area (Å²) in [5, 5.41) is 0. The SMILES string of the molecule is Cc1cccc2[nH]c(CCC(=O)N3CCC[C@H]([C@@H](C)N)C3)nc12. The molecule has 0 bridgehead atoms. The van der Waals surface area contributed by atoms with E-state index in [4.69, 9.17) is 5.73 Å². The number of imidazole rings is 1. The summed E-state index contributed by atoms with van der Waals surface area (Å²) in [7, 11) is 0. The number of para-hydroxylation sites is 1. The molecule has 1 aromatic carbocycles. The van der Waals surface area contributed by atoms with Gasteiger partial charge in [0.05, 0.1) is 11.0 Å². The molecule has 2 atom stereocenters. The van der Waals surface area contributed by atoms with E-state index in [1.54, 1.807) is 0 Å². The number of piperidine rings is 1. The molecule has 3 rings (SSSR count). The van der Waals surface area contributed by atoms with Crippen LogP contribution in [0.1, 0.15) is 37.6 Å². The van der Waals surface area contributed by atoms with Crippen molar-refractivity contribution in [3.63, 3.8) is 0 Å². The molecule has 0 unspecified atom stereocenters. The molecule has 23 heavy (non-hydrogen) atoms. The molecule has 1 saturated heterocycles. The highest BCUT2D eigenvalue weighted by Gasteiger charge is 2.25.